The molecule has 4 nitrogen and oxygen atoms in total. The number of carbonyl (C=O) groups is 1. The first-order valence-electron chi connectivity index (χ1n) is 6.82. The summed E-state index contributed by atoms with van der Waals surface area (Å²) in [6.07, 6.45) is 2.19. The van der Waals surface area contributed by atoms with Gasteiger partial charge in [0.25, 0.3) is 5.91 Å². The number of rotatable bonds is 5. The number of benzene rings is 1. The lowest BCUT2D eigenvalue weighted by molar-refractivity contribution is -0.134. The fraction of sp³-hybridized carbons (Fsp3) is 0.533. The summed E-state index contributed by atoms with van der Waals surface area (Å²) in [6.45, 7) is 4.80. The Bertz CT molecular complexity index is 453. The Morgan fingerprint density at radius 1 is 1.45 bits per heavy atom. The maximum atomic E-state index is 12.2. The van der Waals surface area contributed by atoms with E-state index in [0.29, 0.717) is 17.3 Å². The first kappa shape index (κ1) is 15.1. The molecule has 1 aliphatic heterocycles. The lowest BCUT2D eigenvalue weighted by atomic mass is 10.1. The van der Waals surface area contributed by atoms with Gasteiger partial charge in [-0.2, -0.15) is 0 Å². The van der Waals surface area contributed by atoms with Gasteiger partial charge in [0.1, 0.15) is 5.75 Å². The van der Waals surface area contributed by atoms with E-state index in [1.807, 2.05) is 0 Å². The molecule has 1 amide bonds. The van der Waals surface area contributed by atoms with Crippen LogP contribution in [-0.2, 0) is 9.53 Å². The second-order valence-electron chi connectivity index (χ2n) is 5.41. The van der Waals surface area contributed by atoms with Crippen LogP contribution in [0.3, 0.4) is 0 Å². The third-order valence-electron chi connectivity index (χ3n) is 3.25. The molecule has 0 saturated carbocycles. The van der Waals surface area contributed by atoms with Gasteiger partial charge >= 0.3 is 0 Å². The number of hydrogen-bond donors (Lipinski definition) is 1. The van der Waals surface area contributed by atoms with E-state index in [0.717, 1.165) is 19.4 Å². The van der Waals surface area contributed by atoms with E-state index < -0.39 is 5.60 Å². The molecule has 5 heteroatoms. The van der Waals surface area contributed by atoms with E-state index in [-0.39, 0.29) is 12.0 Å². The minimum atomic E-state index is -0.938. The molecule has 1 aromatic carbocycles. The highest BCUT2D eigenvalue weighted by molar-refractivity contribution is 6.30. The SMILES string of the molecule is CC(C)(Oc1ccc(Cl)cc1)C(=O)NC[C@H]1CCCO1. The van der Waals surface area contributed by atoms with Gasteiger partial charge in [-0.1, -0.05) is 11.6 Å². The van der Waals surface area contributed by atoms with Gasteiger partial charge in [0.05, 0.1) is 6.10 Å². The van der Waals surface area contributed by atoms with E-state index in [1.54, 1.807) is 38.1 Å². The summed E-state index contributed by atoms with van der Waals surface area (Å²) in [5.41, 5.74) is -0.938. The molecule has 0 bridgehead atoms. The van der Waals surface area contributed by atoms with Crippen LogP contribution in [0.1, 0.15) is 26.7 Å². The molecule has 1 aromatic rings. The second kappa shape index (κ2) is 6.46. The van der Waals surface area contributed by atoms with Gasteiger partial charge in [-0.05, 0) is 51.0 Å². The zero-order valence-electron chi connectivity index (χ0n) is 11.8. The number of nitrogens with one attached hydrogen (secondary N) is 1. The van der Waals surface area contributed by atoms with Crippen LogP contribution < -0.4 is 10.1 Å². The third-order valence-corrected chi connectivity index (χ3v) is 3.50. The highest BCUT2D eigenvalue weighted by Crippen LogP contribution is 2.21. The maximum absolute atomic E-state index is 12.2. The molecule has 0 spiro atoms. The van der Waals surface area contributed by atoms with Crippen molar-refractivity contribution in [3.63, 3.8) is 0 Å². The largest absolute Gasteiger partial charge is 0.478 e. The summed E-state index contributed by atoms with van der Waals surface area (Å²) in [7, 11) is 0. The molecule has 1 atom stereocenters. The smallest absolute Gasteiger partial charge is 0.263 e. The quantitative estimate of drug-likeness (QED) is 0.909. The average molecular weight is 298 g/mol. The molecule has 1 aliphatic rings. The van der Waals surface area contributed by atoms with Crippen molar-refractivity contribution in [3.8, 4) is 5.75 Å². The normalized spacial score (nSPS) is 18.9. The molecule has 0 unspecified atom stereocenters. The first-order valence-corrected chi connectivity index (χ1v) is 7.20. The number of ether oxygens (including phenoxy) is 2. The topological polar surface area (TPSA) is 47.6 Å². The summed E-state index contributed by atoms with van der Waals surface area (Å²) in [5.74, 6) is 0.467. The summed E-state index contributed by atoms with van der Waals surface area (Å²) in [6, 6.07) is 6.96. The van der Waals surface area contributed by atoms with Gasteiger partial charge in [0.15, 0.2) is 5.60 Å². The Hall–Kier alpha value is -1.26. The third kappa shape index (κ3) is 4.12. The molecule has 0 aromatic heterocycles. The van der Waals surface area contributed by atoms with Crippen molar-refractivity contribution in [2.24, 2.45) is 0 Å². The lowest BCUT2D eigenvalue weighted by Gasteiger charge is -2.26. The molecular formula is C15H20ClNO3. The van der Waals surface area contributed by atoms with Crippen LogP contribution in [0.2, 0.25) is 5.02 Å². The molecule has 1 saturated heterocycles. The Morgan fingerprint density at radius 2 is 2.15 bits per heavy atom. The van der Waals surface area contributed by atoms with Gasteiger partial charge in [0, 0.05) is 18.2 Å². The molecule has 110 valence electrons. The Balaban J connectivity index is 1.87. The van der Waals surface area contributed by atoms with Crippen LogP contribution in [-0.4, -0.2) is 30.8 Å². The Morgan fingerprint density at radius 3 is 2.75 bits per heavy atom. The Kier molecular flexibility index (Phi) is 4.89. The number of halogens is 1. The van der Waals surface area contributed by atoms with Gasteiger partial charge in [-0.25, -0.2) is 0 Å². The van der Waals surface area contributed by atoms with E-state index in [9.17, 15) is 4.79 Å². The highest BCUT2D eigenvalue weighted by atomic mass is 35.5. The minimum absolute atomic E-state index is 0.130. The fourth-order valence-corrected chi connectivity index (χ4v) is 2.19. The zero-order valence-corrected chi connectivity index (χ0v) is 12.6. The van der Waals surface area contributed by atoms with E-state index >= 15 is 0 Å². The molecule has 2 rings (SSSR count). The van der Waals surface area contributed by atoms with Crippen molar-refractivity contribution in [1.29, 1.82) is 0 Å². The van der Waals surface area contributed by atoms with Crippen molar-refractivity contribution in [2.75, 3.05) is 13.2 Å². The van der Waals surface area contributed by atoms with Crippen molar-refractivity contribution in [3.05, 3.63) is 29.3 Å². The van der Waals surface area contributed by atoms with Crippen molar-refractivity contribution >= 4 is 17.5 Å². The summed E-state index contributed by atoms with van der Waals surface area (Å²) >= 11 is 5.82. The summed E-state index contributed by atoms with van der Waals surface area (Å²) < 4.78 is 11.2. The monoisotopic (exact) mass is 297 g/mol. The first-order chi connectivity index (χ1) is 9.47. The number of carbonyl (C=O) groups excluding carboxylic acids is 1. The van der Waals surface area contributed by atoms with Crippen LogP contribution in [0.25, 0.3) is 0 Å². The number of amides is 1. The van der Waals surface area contributed by atoms with E-state index in [4.69, 9.17) is 21.1 Å². The van der Waals surface area contributed by atoms with Crippen molar-refractivity contribution < 1.29 is 14.3 Å². The van der Waals surface area contributed by atoms with Crippen molar-refractivity contribution in [1.82, 2.24) is 5.32 Å². The van der Waals surface area contributed by atoms with Gasteiger partial charge in [-0.3, -0.25) is 4.79 Å². The van der Waals surface area contributed by atoms with E-state index in [1.165, 1.54) is 0 Å². The van der Waals surface area contributed by atoms with Crippen LogP contribution in [0, 0.1) is 0 Å². The zero-order chi connectivity index (χ0) is 14.6. The lowest BCUT2D eigenvalue weighted by Crippen LogP contribution is -2.48. The molecule has 1 N–H and O–H groups in total. The van der Waals surface area contributed by atoms with Crippen molar-refractivity contribution in [2.45, 2.75) is 38.4 Å². The summed E-state index contributed by atoms with van der Waals surface area (Å²) in [5, 5.41) is 3.52. The Labute approximate surface area is 124 Å². The maximum Gasteiger partial charge on any atom is 0.263 e. The molecular weight excluding hydrogens is 278 g/mol. The van der Waals surface area contributed by atoms with Crippen LogP contribution in [0.15, 0.2) is 24.3 Å². The molecule has 20 heavy (non-hydrogen) atoms. The van der Waals surface area contributed by atoms with Gasteiger partial charge in [0.2, 0.25) is 0 Å². The number of hydrogen-bond acceptors (Lipinski definition) is 3. The molecule has 1 fully saturated rings. The fourth-order valence-electron chi connectivity index (χ4n) is 2.07. The minimum Gasteiger partial charge on any atom is -0.478 e. The van der Waals surface area contributed by atoms with Crippen LogP contribution in [0.5, 0.6) is 5.75 Å². The van der Waals surface area contributed by atoms with Crippen LogP contribution in [0.4, 0.5) is 0 Å². The second-order valence-corrected chi connectivity index (χ2v) is 5.85. The molecule has 1 heterocycles. The average Bonchev–Trinajstić information content (AvgIpc) is 2.91. The molecule has 0 radical (unpaired) electrons. The van der Waals surface area contributed by atoms with Gasteiger partial charge in [-0.15, -0.1) is 0 Å². The standard InChI is InChI=1S/C15H20ClNO3/c1-15(2,20-12-7-5-11(16)6-8-12)14(18)17-10-13-4-3-9-19-13/h5-8,13H,3-4,9-10H2,1-2H3,(H,17,18)/t13-/m1/s1. The highest BCUT2D eigenvalue weighted by Gasteiger charge is 2.30. The predicted octanol–water partition coefficient (Wildman–Crippen LogP) is 2.79. The van der Waals surface area contributed by atoms with E-state index in [2.05, 4.69) is 5.32 Å². The predicted molar refractivity (Wildman–Crippen MR) is 78.1 cm³/mol. The van der Waals surface area contributed by atoms with Crippen LogP contribution >= 0.6 is 11.6 Å². The molecule has 0 aliphatic carbocycles. The summed E-state index contributed by atoms with van der Waals surface area (Å²) in [4.78, 5) is 12.2. The van der Waals surface area contributed by atoms with Gasteiger partial charge < -0.3 is 14.8 Å².